The van der Waals surface area contributed by atoms with Gasteiger partial charge in [0.25, 0.3) is 5.91 Å². The first-order valence-electron chi connectivity index (χ1n) is 6.96. The van der Waals surface area contributed by atoms with Crippen LogP contribution < -0.4 is 5.32 Å². The van der Waals surface area contributed by atoms with Crippen molar-refractivity contribution in [1.29, 1.82) is 0 Å². The SMILES string of the molecule is C[C@]1(C(=O)NCc2cc(-c3cccnc3)no2)CCCO1. The summed E-state index contributed by atoms with van der Waals surface area (Å²) in [7, 11) is 0. The van der Waals surface area contributed by atoms with Crippen molar-refractivity contribution in [3.8, 4) is 11.3 Å². The van der Waals surface area contributed by atoms with Crippen LogP contribution in [-0.4, -0.2) is 28.3 Å². The third-order valence-corrected chi connectivity index (χ3v) is 3.64. The topological polar surface area (TPSA) is 77.3 Å². The van der Waals surface area contributed by atoms with Crippen molar-refractivity contribution in [3.63, 3.8) is 0 Å². The van der Waals surface area contributed by atoms with Gasteiger partial charge in [-0.1, -0.05) is 5.16 Å². The third-order valence-electron chi connectivity index (χ3n) is 3.64. The predicted octanol–water partition coefficient (Wildman–Crippen LogP) is 1.92. The van der Waals surface area contributed by atoms with Crippen molar-refractivity contribution in [2.45, 2.75) is 31.9 Å². The summed E-state index contributed by atoms with van der Waals surface area (Å²) >= 11 is 0. The Hall–Kier alpha value is -2.21. The Morgan fingerprint density at radius 1 is 1.52 bits per heavy atom. The molecule has 1 aliphatic heterocycles. The highest BCUT2D eigenvalue weighted by molar-refractivity contribution is 5.84. The van der Waals surface area contributed by atoms with Gasteiger partial charge in [0.2, 0.25) is 0 Å². The first-order chi connectivity index (χ1) is 10.2. The minimum absolute atomic E-state index is 0.112. The first kappa shape index (κ1) is 13.8. The summed E-state index contributed by atoms with van der Waals surface area (Å²) in [5.74, 6) is 0.489. The van der Waals surface area contributed by atoms with Crippen molar-refractivity contribution < 1.29 is 14.1 Å². The van der Waals surface area contributed by atoms with Gasteiger partial charge < -0.3 is 14.6 Å². The Morgan fingerprint density at radius 3 is 3.14 bits per heavy atom. The molecule has 0 spiro atoms. The Kier molecular flexibility index (Phi) is 3.70. The molecule has 0 bridgehead atoms. The van der Waals surface area contributed by atoms with Gasteiger partial charge >= 0.3 is 0 Å². The number of nitrogens with zero attached hydrogens (tertiary/aromatic N) is 2. The lowest BCUT2D eigenvalue weighted by Crippen LogP contribution is -2.43. The number of aromatic nitrogens is 2. The zero-order valence-corrected chi connectivity index (χ0v) is 11.8. The predicted molar refractivity (Wildman–Crippen MR) is 75.2 cm³/mol. The van der Waals surface area contributed by atoms with Crippen LogP contribution in [0.25, 0.3) is 11.3 Å². The van der Waals surface area contributed by atoms with E-state index in [1.807, 2.05) is 19.1 Å². The van der Waals surface area contributed by atoms with E-state index in [4.69, 9.17) is 9.26 Å². The molecule has 1 N–H and O–H groups in total. The van der Waals surface area contributed by atoms with Crippen molar-refractivity contribution in [3.05, 3.63) is 36.4 Å². The standard InChI is InChI=1S/C15H17N3O3/c1-15(5-3-7-20-15)14(19)17-10-12-8-13(18-21-12)11-4-2-6-16-9-11/h2,4,6,8-9H,3,5,7,10H2,1H3,(H,17,19)/t15-/m1/s1. The summed E-state index contributed by atoms with van der Waals surface area (Å²) in [5, 5.41) is 6.81. The van der Waals surface area contributed by atoms with E-state index in [0.717, 1.165) is 18.4 Å². The summed E-state index contributed by atoms with van der Waals surface area (Å²) in [5.41, 5.74) is 0.868. The van der Waals surface area contributed by atoms with Gasteiger partial charge in [0.05, 0.1) is 6.54 Å². The summed E-state index contributed by atoms with van der Waals surface area (Å²) in [6.07, 6.45) is 5.08. The van der Waals surface area contributed by atoms with E-state index < -0.39 is 5.60 Å². The van der Waals surface area contributed by atoms with Gasteiger partial charge in [-0.2, -0.15) is 0 Å². The van der Waals surface area contributed by atoms with Gasteiger partial charge in [-0.25, -0.2) is 0 Å². The Bertz CT molecular complexity index is 618. The zero-order valence-electron chi connectivity index (χ0n) is 11.8. The molecule has 1 saturated heterocycles. The highest BCUT2D eigenvalue weighted by atomic mass is 16.5. The molecule has 0 aromatic carbocycles. The Morgan fingerprint density at radius 2 is 2.43 bits per heavy atom. The molecule has 3 heterocycles. The van der Waals surface area contributed by atoms with Gasteiger partial charge in [-0.05, 0) is 31.9 Å². The van der Waals surface area contributed by atoms with E-state index in [9.17, 15) is 4.79 Å². The van der Waals surface area contributed by atoms with Crippen molar-refractivity contribution >= 4 is 5.91 Å². The van der Waals surface area contributed by atoms with E-state index in [2.05, 4.69) is 15.5 Å². The number of hydrogen-bond acceptors (Lipinski definition) is 5. The molecule has 1 aliphatic rings. The molecule has 1 atom stereocenters. The quantitative estimate of drug-likeness (QED) is 0.929. The Labute approximate surface area is 122 Å². The van der Waals surface area contributed by atoms with Gasteiger partial charge in [0.15, 0.2) is 5.76 Å². The van der Waals surface area contributed by atoms with Crippen LogP contribution in [0.3, 0.4) is 0 Å². The summed E-state index contributed by atoms with van der Waals surface area (Å²) < 4.78 is 10.7. The molecule has 2 aromatic rings. The van der Waals surface area contributed by atoms with E-state index in [0.29, 0.717) is 24.6 Å². The molecule has 1 amide bonds. The third kappa shape index (κ3) is 2.95. The van der Waals surface area contributed by atoms with Crippen LogP contribution in [0.1, 0.15) is 25.5 Å². The second kappa shape index (κ2) is 5.65. The van der Waals surface area contributed by atoms with Gasteiger partial charge in [-0.15, -0.1) is 0 Å². The smallest absolute Gasteiger partial charge is 0.252 e. The average molecular weight is 287 g/mol. The van der Waals surface area contributed by atoms with Gasteiger partial charge in [-0.3, -0.25) is 9.78 Å². The van der Waals surface area contributed by atoms with E-state index in [-0.39, 0.29) is 5.91 Å². The normalized spacial score (nSPS) is 21.4. The second-order valence-corrected chi connectivity index (χ2v) is 5.29. The maximum atomic E-state index is 12.1. The molecule has 1 fully saturated rings. The molecular formula is C15H17N3O3. The maximum Gasteiger partial charge on any atom is 0.252 e. The molecule has 6 nitrogen and oxygen atoms in total. The molecule has 3 rings (SSSR count). The molecule has 2 aromatic heterocycles. The number of ether oxygens (including phenoxy) is 1. The zero-order chi connectivity index (χ0) is 14.7. The summed E-state index contributed by atoms with van der Waals surface area (Å²) in [4.78, 5) is 16.1. The van der Waals surface area contributed by atoms with E-state index >= 15 is 0 Å². The summed E-state index contributed by atoms with van der Waals surface area (Å²) in [6.45, 7) is 2.75. The number of pyridine rings is 1. The van der Waals surface area contributed by atoms with Gasteiger partial charge in [0, 0.05) is 30.6 Å². The number of carbonyl (C=O) groups excluding carboxylic acids is 1. The first-order valence-corrected chi connectivity index (χ1v) is 6.96. The highest BCUT2D eigenvalue weighted by Gasteiger charge is 2.37. The molecule has 0 unspecified atom stereocenters. The van der Waals surface area contributed by atoms with Crippen LogP contribution >= 0.6 is 0 Å². The lowest BCUT2D eigenvalue weighted by atomic mass is 10.0. The monoisotopic (exact) mass is 287 g/mol. The number of rotatable bonds is 4. The largest absolute Gasteiger partial charge is 0.365 e. The number of carbonyl (C=O) groups is 1. The van der Waals surface area contributed by atoms with E-state index in [1.54, 1.807) is 18.5 Å². The lowest BCUT2D eigenvalue weighted by Gasteiger charge is -2.21. The molecular weight excluding hydrogens is 270 g/mol. The molecule has 0 radical (unpaired) electrons. The van der Waals surface area contributed by atoms with Crippen LogP contribution in [0.4, 0.5) is 0 Å². The van der Waals surface area contributed by atoms with Crippen LogP contribution in [-0.2, 0) is 16.1 Å². The van der Waals surface area contributed by atoms with Crippen LogP contribution in [0.5, 0.6) is 0 Å². The van der Waals surface area contributed by atoms with Crippen molar-refractivity contribution in [1.82, 2.24) is 15.5 Å². The molecule has 0 saturated carbocycles. The highest BCUT2D eigenvalue weighted by Crippen LogP contribution is 2.25. The Balaban J connectivity index is 1.62. The minimum Gasteiger partial charge on any atom is -0.365 e. The maximum absolute atomic E-state index is 12.1. The van der Waals surface area contributed by atoms with Crippen LogP contribution in [0.15, 0.2) is 35.1 Å². The lowest BCUT2D eigenvalue weighted by molar-refractivity contribution is -0.139. The second-order valence-electron chi connectivity index (χ2n) is 5.29. The van der Waals surface area contributed by atoms with E-state index in [1.165, 1.54) is 0 Å². The molecule has 21 heavy (non-hydrogen) atoms. The minimum atomic E-state index is -0.716. The fraction of sp³-hybridized carbons (Fsp3) is 0.400. The van der Waals surface area contributed by atoms with Crippen LogP contribution in [0.2, 0.25) is 0 Å². The van der Waals surface area contributed by atoms with Crippen molar-refractivity contribution in [2.75, 3.05) is 6.61 Å². The van der Waals surface area contributed by atoms with Gasteiger partial charge in [0.1, 0.15) is 11.3 Å². The molecule has 6 heteroatoms. The number of hydrogen-bond donors (Lipinski definition) is 1. The number of nitrogens with one attached hydrogen (secondary N) is 1. The fourth-order valence-corrected chi connectivity index (χ4v) is 2.36. The number of amides is 1. The average Bonchev–Trinajstić information content (AvgIpc) is 3.15. The summed E-state index contributed by atoms with van der Waals surface area (Å²) in [6, 6.07) is 5.54. The fourth-order valence-electron chi connectivity index (χ4n) is 2.36. The van der Waals surface area contributed by atoms with Crippen molar-refractivity contribution in [2.24, 2.45) is 0 Å². The van der Waals surface area contributed by atoms with Crippen LogP contribution in [0, 0.1) is 0 Å². The molecule has 0 aliphatic carbocycles. The molecule has 110 valence electrons.